The normalized spacial score (nSPS) is 10.6. The summed E-state index contributed by atoms with van der Waals surface area (Å²) in [4.78, 5) is 4.17. The summed E-state index contributed by atoms with van der Waals surface area (Å²) in [7, 11) is 1.54. The van der Waals surface area contributed by atoms with Gasteiger partial charge in [-0.15, -0.1) is 0 Å². The van der Waals surface area contributed by atoms with Crippen molar-refractivity contribution >= 4 is 11.6 Å². The highest BCUT2D eigenvalue weighted by Gasteiger charge is 2.14. The molecule has 20 heavy (non-hydrogen) atoms. The third-order valence-corrected chi connectivity index (χ3v) is 2.92. The Balaban J connectivity index is 2.19. The predicted molar refractivity (Wildman–Crippen MR) is 73.9 cm³/mol. The monoisotopic (exact) mass is 297 g/mol. The maximum Gasteiger partial charge on any atom is 0.264 e. The van der Waals surface area contributed by atoms with Crippen molar-refractivity contribution in [3.8, 4) is 11.5 Å². The average molecular weight is 298 g/mol. The van der Waals surface area contributed by atoms with Crippen molar-refractivity contribution in [3.05, 3.63) is 34.4 Å². The molecule has 0 aliphatic rings. The second-order valence-electron chi connectivity index (χ2n) is 4.05. The van der Waals surface area contributed by atoms with Crippen LogP contribution in [0.4, 0.5) is 0 Å². The van der Waals surface area contributed by atoms with Crippen LogP contribution in [0.3, 0.4) is 0 Å². The molecule has 0 atom stereocenters. The minimum atomic E-state index is 0.151. The fourth-order valence-corrected chi connectivity index (χ4v) is 1.95. The molecule has 6 nitrogen and oxygen atoms in total. The SMILES string of the molecule is CCc1noc(COc2c(CN)cc(Cl)cc2OC)n1. The minimum absolute atomic E-state index is 0.151. The Morgan fingerprint density at radius 3 is 2.80 bits per heavy atom. The van der Waals surface area contributed by atoms with Gasteiger partial charge in [-0.3, -0.25) is 0 Å². The second kappa shape index (κ2) is 6.58. The first-order valence-corrected chi connectivity index (χ1v) is 6.56. The van der Waals surface area contributed by atoms with E-state index in [0.717, 1.165) is 5.56 Å². The largest absolute Gasteiger partial charge is 0.493 e. The van der Waals surface area contributed by atoms with Crippen molar-refractivity contribution in [3.63, 3.8) is 0 Å². The van der Waals surface area contributed by atoms with E-state index in [0.29, 0.717) is 34.7 Å². The highest BCUT2D eigenvalue weighted by Crippen LogP contribution is 2.35. The number of aryl methyl sites for hydroxylation is 1. The second-order valence-corrected chi connectivity index (χ2v) is 4.48. The van der Waals surface area contributed by atoms with E-state index < -0.39 is 0 Å². The third kappa shape index (κ3) is 3.20. The number of nitrogens with two attached hydrogens (primary N) is 1. The van der Waals surface area contributed by atoms with Crippen LogP contribution in [0.2, 0.25) is 5.02 Å². The molecule has 2 N–H and O–H groups in total. The lowest BCUT2D eigenvalue weighted by atomic mass is 10.2. The topological polar surface area (TPSA) is 83.4 Å². The summed E-state index contributed by atoms with van der Waals surface area (Å²) in [5.41, 5.74) is 6.45. The number of halogens is 1. The van der Waals surface area contributed by atoms with Crippen LogP contribution in [0, 0.1) is 0 Å². The summed E-state index contributed by atoms with van der Waals surface area (Å²) >= 11 is 5.99. The van der Waals surface area contributed by atoms with Crippen molar-refractivity contribution in [1.82, 2.24) is 10.1 Å². The predicted octanol–water partition coefficient (Wildman–Crippen LogP) is 2.33. The molecule has 0 unspecified atom stereocenters. The van der Waals surface area contributed by atoms with E-state index in [9.17, 15) is 0 Å². The summed E-state index contributed by atoms with van der Waals surface area (Å²) in [6.45, 7) is 2.39. The Morgan fingerprint density at radius 2 is 2.20 bits per heavy atom. The molecule has 0 fully saturated rings. The van der Waals surface area contributed by atoms with Crippen LogP contribution in [0.15, 0.2) is 16.7 Å². The highest BCUT2D eigenvalue weighted by atomic mass is 35.5. The van der Waals surface area contributed by atoms with Crippen molar-refractivity contribution in [2.45, 2.75) is 26.5 Å². The van der Waals surface area contributed by atoms with E-state index in [1.165, 1.54) is 0 Å². The summed E-state index contributed by atoms with van der Waals surface area (Å²) in [5.74, 6) is 2.11. The lowest BCUT2D eigenvalue weighted by molar-refractivity contribution is 0.231. The van der Waals surface area contributed by atoms with Crippen LogP contribution in [0.25, 0.3) is 0 Å². The molecule has 0 saturated carbocycles. The van der Waals surface area contributed by atoms with Gasteiger partial charge in [-0.2, -0.15) is 4.98 Å². The fourth-order valence-electron chi connectivity index (χ4n) is 1.72. The molecule has 1 aromatic heterocycles. The van der Waals surface area contributed by atoms with Crippen LogP contribution in [0.1, 0.15) is 24.2 Å². The molecule has 0 aliphatic carbocycles. The van der Waals surface area contributed by atoms with E-state index in [-0.39, 0.29) is 13.2 Å². The molecular formula is C13H16ClN3O3. The van der Waals surface area contributed by atoms with E-state index >= 15 is 0 Å². The summed E-state index contributed by atoms with van der Waals surface area (Å²) in [5, 5.41) is 4.35. The number of ether oxygens (including phenoxy) is 2. The molecule has 2 aromatic rings. The van der Waals surface area contributed by atoms with Gasteiger partial charge in [0.05, 0.1) is 7.11 Å². The molecule has 0 amide bonds. The third-order valence-electron chi connectivity index (χ3n) is 2.70. The summed E-state index contributed by atoms with van der Waals surface area (Å²) in [6, 6.07) is 3.41. The Labute approximate surface area is 121 Å². The van der Waals surface area contributed by atoms with Crippen LogP contribution >= 0.6 is 11.6 Å². The number of nitrogens with zero attached hydrogens (tertiary/aromatic N) is 2. The zero-order chi connectivity index (χ0) is 14.5. The van der Waals surface area contributed by atoms with Gasteiger partial charge >= 0.3 is 0 Å². The zero-order valence-corrected chi connectivity index (χ0v) is 12.1. The number of benzene rings is 1. The molecule has 2 rings (SSSR count). The van der Waals surface area contributed by atoms with Gasteiger partial charge in [0.25, 0.3) is 5.89 Å². The maximum atomic E-state index is 5.99. The molecule has 0 bridgehead atoms. The molecule has 0 spiro atoms. The van der Waals surface area contributed by atoms with Crippen molar-refractivity contribution in [2.24, 2.45) is 5.73 Å². The molecule has 1 aromatic carbocycles. The van der Waals surface area contributed by atoms with Crippen molar-refractivity contribution < 1.29 is 14.0 Å². The maximum absolute atomic E-state index is 5.99. The smallest absolute Gasteiger partial charge is 0.264 e. The Kier molecular flexibility index (Phi) is 4.81. The van der Waals surface area contributed by atoms with Gasteiger partial charge in [0.1, 0.15) is 0 Å². The zero-order valence-electron chi connectivity index (χ0n) is 11.4. The van der Waals surface area contributed by atoms with Crippen LogP contribution in [-0.2, 0) is 19.6 Å². The average Bonchev–Trinajstić information content (AvgIpc) is 2.92. The Morgan fingerprint density at radius 1 is 1.40 bits per heavy atom. The van der Waals surface area contributed by atoms with Crippen LogP contribution in [-0.4, -0.2) is 17.3 Å². The highest BCUT2D eigenvalue weighted by molar-refractivity contribution is 6.30. The molecule has 108 valence electrons. The van der Waals surface area contributed by atoms with Crippen molar-refractivity contribution in [2.75, 3.05) is 7.11 Å². The molecule has 1 heterocycles. The van der Waals surface area contributed by atoms with E-state index in [1.54, 1.807) is 19.2 Å². The molecule has 0 aliphatic heterocycles. The molecule has 0 saturated heterocycles. The number of hydrogen-bond acceptors (Lipinski definition) is 6. The first-order chi connectivity index (χ1) is 9.67. The molecular weight excluding hydrogens is 282 g/mol. The lowest BCUT2D eigenvalue weighted by Crippen LogP contribution is -2.05. The molecule has 0 radical (unpaired) electrons. The van der Waals surface area contributed by atoms with Gasteiger partial charge in [-0.05, 0) is 6.07 Å². The van der Waals surface area contributed by atoms with E-state index in [4.69, 9.17) is 31.3 Å². The summed E-state index contributed by atoms with van der Waals surface area (Å²) < 4.78 is 16.0. The van der Waals surface area contributed by atoms with Crippen molar-refractivity contribution in [1.29, 1.82) is 0 Å². The van der Waals surface area contributed by atoms with Crippen LogP contribution < -0.4 is 15.2 Å². The van der Waals surface area contributed by atoms with Gasteiger partial charge < -0.3 is 19.7 Å². The van der Waals surface area contributed by atoms with Gasteiger partial charge in [0, 0.05) is 29.6 Å². The lowest BCUT2D eigenvalue weighted by Gasteiger charge is -2.13. The first kappa shape index (κ1) is 14.6. The van der Waals surface area contributed by atoms with Crippen LogP contribution in [0.5, 0.6) is 11.5 Å². The van der Waals surface area contributed by atoms with Gasteiger partial charge in [0.2, 0.25) is 0 Å². The van der Waals surface area contributed by atoms with E-state index in [2.05, 4.69) is 10.1 Å². The number of hydrogen-bond donors (Lipinski definition) is 1. The number of methoxy groups -OCH3 is 1. The van der Waals surface area contributed by atoms with Gasteiger partial charge in [-0.1, -0.05) is 23.7 Å². The molecule has 7 heteroatoms. The number of rotatable bonds is 6. The van der Waals surface area contributed by atoms with Gasteiger partial charge in [0.15, 0.2) is 23.9 Å². The Hall–Kier alpha value is -1.79. The van der Waals surface area contributed by atoms with Gasteiger partial charge in [-0.25, -0.2) is 0 Å². The summed E-state index contributed by atoms with van der Waals surface area (Å²) in [6.07, 6.45) is 0.710. The first-order valence-electron chi connectivity index (χ1n) is 6.18. The minimum Gasteiger partial charge on any atom is -0.493 e. The number of aromatic nitrogens is 2. The quantitative estimate of drug-likeness (QED) is 0.881. The standard InChI is InChI=1S/C13H16ClN3O3/c1-3-11-16-12(20-17-11)7-19-13-8(6-15)4-9(14)5-10(13)18-2/h4-5H,3,6-7,15H2,1-2H3. The Bertz CT molecular complexity index is 561. The van der Waals surface area contributed by atoms with E-state index in [1.807, 2.05) is 6.92 Å². The fraction of sp³-hybridized carbons (Fsp3) is 0.385.